The monoisotopic (exact) mass is 387 g/mol. The zero-order chi connectivity index (χ0) is 17.2. The van der Waals surface area contributed by atoms with Crippen LogP contribution in [0.4, 0.5) is 0 Å². The minimum Gasteiger partial charge on any atom is -0.354 e. The summed E-state index contributed by atoms with van der Waals surface area (Å²) < 4.78 is 22.4. The largest absolute Gasteiger partial charge is 0.354 e. The number of halogens is 1. The van der Waals surface area contributed by atoms with Crippen LogP contribution in [0.1, 0.15) is 37.7 Å². The number of benzene rings is 1. The number of rotatable bonds is 5. The van der Waals surface area contributed by atoms with Crippen LogP contribution in [0.15, 0.2) is 29.2 Å². The third-order valence-corrected chi connectivity index (χ3v) is 6.07. The van der Waals surface area contributed by atoms with E-state index in [0.29, 0.717) is 24.9 Å². The maximum atomic E-state index is 12.3. The third-order valence-electron chi connectivity index (χ3n) is 5.14. The zero-order valence-electron chi connectivity index (χ0n) is 14.1. The Labute approximate surface area is 155 Å². The highest BCUT2D eigenvalue weighted by Crippen LogP contribution is 2.33. The van der Waals surface area contributed by atoms with Crippen LogP contribution >= 0.6 is 12.4 Å². The van der Waals surface area contributed by atoms with Gasteiger partial charge in [-0.15, -0.1) is 12.4 Å². The minimum atomic E-state index is -3.65. The molecule has 1 aliphatic carbocycles. The van der Waals surface area contributed by atoms with Crippen molar-refractivity contribution >= 4 is 28.3 Å². The zero-order valence-corrected chi connectivity index (χ0v) is 15.7. The Balaban J connectivity index is 0.00000225. The molecule has 1 heterocycles. The number of hydrogen-bond acceptors (Lipinski definition) is 4. The van der Waals surface area contributed by atoms with E-state index in [2.05, 4.69) is 10.6 Å². The number of carbonyl (C=O) groups excluding carboxylic acids is 1. The van der Waals surface area contributed by atoms with E-state index in [9.17, 15) is 13.2 Å². The Morgan fingerprint density at radius 2 is 1.88 bits per heavy atom. The lowest BCUT2D eigenvalue weighted by molar-refractivity contribution is -0.122. The second kappa shape index (κ2) is 8.49. The molecule has 140 valence electrons. The van der Waals surface area contributed by atoms with Gasteiger partial charge in [0.2, 0.25) is 15.9 Å². The van der Waals surface area contributed by atoms with E-state index >= 15 is 0 Å². The molecule has 1 aromatic carbocycles. The molecule has 1 aromatic rings. The first-order valence-electron chi connectivity index (χ1n) is 8.59. The average Bonchev–Trinajstić information content (AvgIpc) is 2.98. The molecule has 8 heteroatoms. The van der Waals surface area contributed by atoms with Gasteiger partial charge in [0.1, 0.15) is 0 Å². The van der Waals surface area contributed by atoms with Crippen LogP contribution in [-0.4, -0.2) is 33.0 Å². The summed E-state index contributed by atoms with van der Waals surface area (Å²) in [4.78, 5) is 12.4. The van der Waals surface area contributed by atoms with Crippen molar-refractivity contribution in [2.75, 3.05) is 6.54 Å². The molecule has 0 spiro atoms. The highest BCUT2D eigenvalue weighted by molar-refractivity contribution is 7.89. The summed E-state index contributed by atoms with van der Waals surface area (Å²) in [5.41, 5.74) is 0.968. The van der Waals surface area contributed by atoms with Crippen molar-refractivity contribution in [1.82, 2.24) is 10.6 Å². The van der Waals surface area contributed by atoms with Crippen molar-refractivity contribution in [3.8, 4) is 0 Å². The van der Waals surface area contributed by atoms with Crippen LogP contribution in [0.5, 0.6) is 0 Å². The smallest absolute Gasteiger partial charge is 0.238 e. The highest BCUT2D eigenvalue weighted by atomic mass is 35.5. The van der Waals surface area contributed by atoms with E-state index in [0.717, 1.165) is 12.0 Å². The van der Waals surface area contributed by atoms with E-state index < -0.39 is 10.0 Å². The van der Waals surface area contributed by atoms with Gasteiger partial charge < -0.3 is 10.6 Å². The summed E-state index contributed by atoms with van der Waals surface area (Å²) in [6, 6.07) is 6.90. The molecule has 0 bridgehead atoms. The second-order valence-electron chi connectivity index (χ2n) is 6.84. The Hall–Kier alpha value is -1.15. The van der Waals surface area contributed by atoms with Crippen molar-refractivity contribution in [1.29, 1.82) is 0 Å². The predicted octanol–water partition coefficient (Wildman–Crippen LogP) is 1.34. The highest BCUT2D eigenvalue weighted by Gasteiger charge is 2.37. The maximum Gasteiger partial charge on any atom is 0.238 e. The number of hydrogen-bond donors (Lipinski definition) is 3. The lowest BCUT2D eigenvalue weighted by atomic mass is 9.85. The fraction of sp³-hybridized carbons (Fsp3) is 0.588. The first-order valence-corrected chi connectivity index (χ1v) is 10.1. The van der Waals surface area contributed by atoms with Crippen LogP contribution in [-0.2, 0) is 21.2 Å². The number of sulfonamides is 1. The van der Waals surface area contributed by atoms with Crippen molar-refractivity contribution in [2.24, 2.45) is 11.1 Å². The quantitative estimate of drug-likeness (QED) is 0.709. The first-order chi connectivity index (χ1) is 11.4. The molecule has 3 atom stereocenters. The van der Waals surface area contributed by atoms with Crippen molar-refractivity contribution in [2.45, 2.75) is 55.5 Å². The fourth-order valence-electron chi connectivity index (χ4n) is 3.82. The van der Waals surface area contributed by atoms with E-state index in [4.69, 9.17) is 5.14 Å². The molecule has 1 amide bonds. The molecule has 3 unspecified atom stereocenters. The summed E-state index contributed by atoms with van der Waals surface area (Å²) in [6.45, 7) is 0.543. The molecule has 1 saturated heterocycles. The van der Waals surface area contributed by atoms with Crippen LogP contribution in [0.2, 0.25) is 0 Å². The Kier molecular flexibility index (Phi) is 6.85. The molecular formula is C17H26ClN3O3S. The second-order valence-corrected chi connectivity index (χ2v) is 8.40. The number of amides is 1. The van der Waals surface area contributed by atoms with Gasteiger partial charge in [0.25, 0.3) is 0 Å². The lowest BCUT2D eigenvalue weighted by Crippen LogP contribution is -2.43. The van der Waals surface area contributed by atoms with Gasteiger partial charge in [0, 0.05) is 12.6 Å². The van der Waals surface area contributed by atoms with E-state index in [1.54, 1.807) is 12.1 Å². The van der Waals surface area contributed by atoms with Gasteiger partial charge in [-0.1, -0.05) is 25.0 Å². The molecule has 4 N–H and O–H groups in total. The van der Waals surface area contributed by atoms with Crippen molar-refractivity contribution < 1.29 is 13.2 Å². The third kappa shape index (κ3) is 5.17. The summed E-state index contributed by atoms with van der Waals surface area (Å²) in [5.74, 6) is 0.728. The van der Waals surface area contributed by atoms with Gasteiger partial charge in [0.05, 0.1) is 10.9 Å². The Morgan fingerprint density at radius 1 is 1.20 bits per heavy atom. The predicted molar refractivity (Wildman–Crippen MR) is 99.1 cm³/mol. The number of carbonyl (C=O) groups is 1. The van der Waals surface area contributed by atoms with Crippen LogP contribution < -0.4 is 15.8 Å². The lowest BCUT2D eigenvalue weighted by Gasteiger charge is -2.24. The fourth-order valence-corrected chi connectivity index (χ4v) is 4.34. The summed E-state index contributed by atoms with van der Waals surface area (Å²) in [6.07, 6.45) is 6.57. The Morgan fingerprint density at radius 3 is 2.52 bits per heavy atom. The van der Waals surface area contributed by atoms with Gasteiger partial charge in [-0.2, -0.15) is 0 Å². The van der Waals surface area contributed by atoms with Crippen molar-refractivity contribution in [3.63, 3.8) is 0 Å². The van der Waals surface area contributed by atoms with Gasteiger partial charge in [-0.3, -0.25) is 4.79 Å². The molecule has 1 saturated carbocycles. The van der Waals surface area contributed by atoms with Crippen molar-refractivity contribution in [3.05, 3.63) is 29.8 Å². The average molecular weight is 388 g/mol. The number of fused-ring (bicyclic) bond motifs is 1. The summed E-state index contributed by atoms with van der Waals surface area (Å²) in [5, 5.41) is 11.5. The molecule has 6 nitrogen and oxygen atoms in total. The molecule has 0 radical (unpaired) electrons. The van der Waals surface area contributed by atoms with E-state index in [1.807, 2.05) is 0 Å². The first kappa shape index (κ1) is 20.2. The minimum absolute atomic E-state index is 0. The number of nitrogens with one attached hydrogen (secondary N) is 2. The number of primary sulfonamides is 1. The van der Waals surface area contributed by atoms with Crippen LogP contribution in [0.25, 0.3) is 0 Å². The topological polar surface area (TPSA) is 101 Å². The molecule has 2 fully saturated rings. The van der Waals surface area contributed by atoms with E-state index in [-0.39, 0.29) is 29.3 Å². The summed E-state index contributed by atoms with van der Waals surface area (Å²) in [7, 11) is -3.65. The normalized spacial score (nSPS) is 25.7. The molecule has 1 aliphatic heterocycles. The Bertz CT molecular complexity index is 680. The standard InChI is InChI=1S/C17H25N3O3S.ClH/c18-24(22,23)14-7-5-12(6-8-14)9-10-19-17(21)16-11-13-3-1-2-4-15(13)20-16;/h5-8,13,15-16,20H,1-4,9-11H2,(H,19,21)(H2,18,22,23);1H. The van der Waals surface area contributed by atoms with Crippen LogP contribution in [0, 0.1) is 5.92 Å². The van der Waals surface area contributed by atoms with Gasteiger partial charge in [-0.25, -0.2) is 13.6 Å². The van der Waals surface area contributed by atoms with Crippen LogP contribution in [0.3, 0.4) is 0 Å². The molecule has 25 heavy (non-hydrogen) atoms. The summed E-state index contributed by atoms with van der Waals surface area (Å²) >= 11 is 0. The molecule has 0 aromatic heterocycles. The molecule has 3 rings (SSSR count). The van der Waals surface area contributed by atoms with Gasteiger partial charge in [-0.05, 0) is 49.3 Å². The molecular weight excluding hydrogens is 362 g/mol. The van der Waals surface area contributed by atoms with E-state index in [1.165, 1.54) is 37.8 Å². The number of nitrogens with two attached hydrogens (primary N) is 1. The SMILES string of the molecule is Cl.NS(=O)(=O)c1ccc(CCNC(=O)C2CC3CCCCC3N2)cc1. The van der Waals surface area contributed by atoms with Gasteiger partial charge in [0.15, 0.2) is 0 Å². The van der Waals surface area contributed by atoms with Gasteiger partial charge >= 0.3 is 0 Å². The molecule has 2 aliphatic rings. The maximum absolute atomic E-state index is 12.3.